The van der Waals surface area contributed by atoms with E-state index >= 15 is 0 Å². The van der Waals surface area contributed by atoms with Gasteiger partial charge in [-0.05, 0) is 47.0 Å². The summed E-state index contributed by atoms with van der Waals surface area (Å²) in [6.45, 7) is 0.712. The summed E-state index contributed by atoms with van der Waals surface area (Å²) in [5, 5.41) is 0. The molecule has 5 heteroatoms. The van der Waals surface area contributed by atoms with E-state index in [1.807, 2.05) is 24.4 Å². The normalized spacial score (nSPS) is 12.1. The number of aliphatic imine (C=N–C) groups is 1. The topological polar surface area (TPSA) is 45.6 Å². The standard InChI is InChI=1S/C22H18FN3O/c1-26(2)22(27)19-11-15(7-8-20(19)23)21-18(4-3-9-25-21)14-5-6-16-12-24-13-17(16)10-14/h3-11,13H,12H2,1-2H3. The molecule has 2 aromatic carbocycles. The third kappa shape index (κ3) is 3.12. The number of fused-ring (bicyclic) bond motifs is 1. The Morgan fingerprint density at radius 3 is 2.70 bits per heavy atom. The number of hydrogen-bond donors (Lipinski definition) is 0. The van der Waals surface area contributed by atoms with Crippen LogP contribution in [0.3, 0.4) is 0 Å². The number of aromatic nitrogens is 1. The number of carbonyl (C=O) groups is 1. The fourth-order valence-corrected chi connectivity index (χ4v) is 3.21. The molecule has 2 heterocycles. The summed E-state index contributed by atoms with van der Waals surface area (Å²) in [5.41, 5.74) is 5.68. The summed E-state index contributed by atoms with van der Waals surface area (Å²) < 4.78 is 14.2. The third-order valence-electron chi connectivity index (χ3n) is 4.63. The molecule has 4 nitrogen and oxygen atoms in total. The predicted octanol–water partition coefficient (Wildman–Crippen LogP) is 4.19. The lowest BCUT2D eigenvalue weighted by Gasteiger charge is -2.14. The minimum Gasteiger partial charge on any atom is -0.345 e. The number of nitrogens with zero attached hydrogens (tertiary/aromatic N) is 3. The van der Waals surface area contributed by atoms with Crippen molar-refractivity contribution in [3.63, 3.8) is 0 Å². The molecule has 0 fully saturated rings. The Morgan fingerprint density at radius 1 is 1.07 bits per heavy atom. The molecule has 0 saturated carbocycles. The minimum atomic E-state index is -0.538. The van der Waals surface area contributed by atoms with Gasteiger partial charge in [0.1, 0.15) is 5.82 Å². The van der Waals surface area contributed by atoms with Crippen LogP contribution in [0.15, 0.2) is 59.7 Å². The summed E-state index contributed by atoms with van der Waals surface area (Å²) in [6, 6.07) is 14.6. The second-order valence-corrected chi connectivity index (χ2v) is 6.68. The molecular formula is C22H18FN3O. The van der Waals surface area contributed by atoms with Crippen LogP contribution in [0.25, 0.3) is 22.4 Å². The van der Waals surface area contributed by atoms with E-state index in [-0.39, 0.29) is 11.5 Å². The van der Waals surface area contributed by atoms with Crippen LogP contribution >= 0.6 is 0 Å². The number of halogens is 1. The maximum Gasteiger partial charge on any atom is 0.256 e. The molecule has 1 aromatic heterocycles. The van der Waals surface area contributed by atoms with Crippen molar-refractivity contribution in [2.75, 3.05) is 14.1 Å². The second-order valence-electron chi connectivity index (χ2n) is 6.68. The zero-order valence-corrected chi connectivity index (χ0v) is 15.1. The van der Waals surface area contributed by atoms with Crippen LogP contribution in [-0.2, 0) is 6.54 Å². The molecule has 0 spiro atoms. The van der Waals surface area contributed by atoms with Gasteiger partial charge in [0.25, 0.3) is 5.91 Å². The zero-order chi connectivity index (χ0) is 19.0. The van der Waals surface area contributed by atoms with E-state index in [1.54, 1.807) is 32.4 Å². The van der Waals surface area contributed by atoms with Crippen molar-refractivity contribution >= 4 is 12.1 Å². The molecule has 0 saturated heterocycles. The maximum atomic E-state index is 14.2. The number of hydrogen-bond acceptors (Lipinski definition) is 3. The molecule has 1 aliphatic heterocycles. The van der Waals surface area contributed by atoms with E-state index < -0.39 is 5.82 Å². The summed E-state index contributed by atoms with van der Waals surface area (Å²) in [6.07, 6.45) is 3.57. The van der Waals surface area contributed by atoms with Crippen molar-refractivity contribution in [2.45, 2.75) is 6.54 Å². The molecule has 0 atom stereocenters. The van der Waals surface area contributed by atoms with Gasteiger partial charge in [0.15, 0.2) is 0 Å². The van der Waals surface area contributed by atoms with Crippen molar-refractivity contribution in [2.24, 2.45) is 4.99 Å². The average molecular weight is 359 g/mol. The fraction of sp³-hybridized carbons (Fsp3) is 0.136. The van der Waals surface area contributed by atoms with Crippen LogP contribution in [0.2, 0.25) is 0 Å². The molecule has 3 aromatic rings. The fourth-order valence-electron chi connectivity index (χ4n) is 3.21. The summed E-state index contributed by atoms with van der Waals surface area (Å²) in [5.74, 6) is -0.913. The molecule has 1 amide bonds. The van der Waals surface area contributed by atoms with Gasteiger partial charge in [-0.3, -0.25) is 14.8 Å². The number of rotatable bonds is 3. The monoisotopic (exact) mass is 359 g/mol. The van der Waals surface area contributed by atoms with Gasteiger partial charge in [0.05, 0.1) is 17.8 Å². The van der Waals surface area contributed by atoms with E-state index in [1.165, 1.54) is 16.5 Å². The van der Waals surface area contributed by atoms with Gasteiger partial charge in [-0.2, -0.15) is 0 Å². The maximum absolute atomic E-state index is 14.2. The first-order chi connectivity index (χ1) is 13.0. The van der Waals surface area contributed by atoms with Crippen LogP contribution < -0.4 is 0 Å². The van der Waals surface area contributed by atoms with E-state index in [0.717, 1.165) is 16.7 Å². The zero-order valence-electron chi connectivity index (χ0n) is 15.1. The first-order valence-electron chi connectivity index (χ1n) is 8.64. The largest absolute Gasteiger partial charge is 0.345 e. The Hall–Kier alpha value is -3.34. The van der Waals surface area contributed by atoms with Gasteiger partial charge in [-0.25, -0.2) is 4.39 Å². The summed E-state index contributed by atoms with van der Waals surface area (Å²) in [4.78, 5) is 22.5. The van der Waals surface area contributed by atoms with Crippen LogP contribution in [0.1, 0.15) is 21.5 Å². The second kappa shape index (κ2) is 6.76. The third-order valence-corrected chi connectivity index (χ3v) is 4.63. The van der Waals surface area contributed by atoms with Gasteiger partial charge in [0, 0.05) is 37.6 Å². The quantitative estimate of drug-likeness (QED) is 0.704. The molecule has 4 rings (SSSR count). The van der Waals surface area contributed by atoms with Crippen molar-refractivity contribution in [1.82, 2.24) is 9.88 Å². The number of pyridine rings is 1. The summed E-state index contributed by atoms with van der Waals surface area (Å²) in [7, 11) is 3.21. The Balaban J connectivity index is 1.84. The average Bonchev–Trinajstić information content (AvgIpc) is 3.15. The molecule has 27 heavy (non-hydrogen) atoms. The SMILES string of the molecule is CN(C)C(=O)c1cc(-c2ncccc2-c2ccc3c(c2)C=NC3)ccc1F. The van der Waals surface area contributed by atoms with E-state index in [4.69, 9.17) is 0 Å². The van der Waals surface area contributed by atoms with Crippen molar-refractivity contribution < 1.29 is 9.18 Å². The molecule has 1 aliphatic rings. The lowest BCUT2D eigenvalue weighted by atomic mass is 9.95. The molecule has 134 valence electrons. The van der Waals surface area contributed by atoms with Crippen LogP contribution in [0.5, 0.6) is 0 Å². The van der Waals surface area contributed by atoms with Gasteiger partial charge < -0.3 is 4.90 Å². The number of carbonyl (C=O) groups excluding carboxylic acids is 1. The molecule has 0 aliphatic carbocycles. The van der Waals surface area contributed by atoms with Crippen molar-refractivity contribution in [1.29, 1.82) is 0 Å². The lowest BCUT2D eigenvalue weighted by molar-refractivity contribution is 0.0823. The number of amides is 1. The van der Waals surface area contributed by atoms with E-state index in [0.29, 0.717) is 17.8 Å². The van der Waals surface area contributed by atoms with Crippen molar-refractivity contribution in [3.05, 3.63) is 77.2 Å². The number of benzene rings is 2. The molecule has 0 N–H and O–H groups in total. The van der Waals surface area contributed by atoms with Crippen LogP contribution in [0.4, 0.5) is 4.39 Å². The minimum absolute atomic E-state index is 0.0372. The van der Waals surface area contributed by atoms with E-state index in [9.17, 15) is 9.18 Å². The highest BCUT2D eigenvalue weighted by Crippen LogP contribution is 2.32. The van der Waals surface area contributed by atoms with E-state index in [2.05, 4.69) is 22.1 Å². The van der Waals surface area contributed by atoms with Gasteiger partial charge in [0.2, 0.25) is 0 Å². The molecular weight excluding hydrogens is 341 g/mol. The van der Waals surface area contributed by atoms with Crippen LogP contribution in [0, 0.1) is 5.82 Å². The van der Waals surface area contributed by atoms with Gasteiger partial charge >= 0.3 is 0 Å². The highest BCUT2D eigenvalue weighted by atomic mass is 19.1. The Morgan fingerprint density at radius 2 is 1.89 bits per heavy atom. The molecule has 0 bridgehead atoms. The highest BCUT2D eigenvalue weighted by Gasteiger charge is 2.17. The van der Waals surface area contributed by atoms with Gasteiger partial charge in [-0.15, -0.1) is 0 Å². The Bertz CT molecular complexity index is 1070. The predicted molar refractivity (Wildman–Crippen MR) is 104 cm³/mol. The van der Waals surface area contributed by atoms with Crippen molar-refractivity contribution in [3.8, 4) is 22.4 Å². The first-order valence-corrected chi connectivity index (χ1v) is 8.64. The summed E-state index contributed by atoms with van der Waals surface area (Å²) >= 11 is 0. The Labute approximate surface area is 157 Å². The van der Waals surface area contributed by atoms with Gasteiger partial charge in [-0.1, -0.05) is 18.2 Å². The van der Waals surface area contributed by atoms with Crippen LogP contribution in [-0.4, -0.2) is 36.1 Å². The smallest absolute Gasteiger partial charge is 0.256 e. The first kappa shape index (κ1) is 17.1. The lowest BCUT2D eigenvalue weighted by Crippen LogP contribution is -2.22. The Kier molecular flexibility index (Phi) is 4.28. The highest BCUT2D eigenvalue weighted by molar-refractivity contribution is 5.96. The molecule has 0 radical (unpaired) electrons. The molecule has 0 unspecified atom stereocenters.